The number of carbonyl (C=O) groups excluding carboxylic acids is 1. The molecule has 0 spiro atoms. The lowest BCUT2D eigenvalue weighted by atomic mass is 9.80. The molecule has 1 aliphatic heterocycles. The second-order valence-corrected chi connectivity index (χ2v) is 6.46. The summed E-state index contributed by atoms with van der Waals surface area (Å²) in [7, 11) is 3.58. The predicted octanol–water partition coefficient (Wildman–Crippen LogP) is 3.44. The summed E-state index contributed by atoms with van der Waals surface area (Å²) in [5.41, 5.74) is 7.94. The molecule has 1 aromatic rings. The normalized spacial score (nSPS) is 21.2. The van der Waals surface area contributed by atoms with Crippen LogP contribution in [0.4, 0.5) is 0 Å². The van der Waals surface area contributed by atoms with Crippen molar-refractivity contribution in [3.63, 3.8) is 0 Å². The number of hydrogen-bond acceptors (Lipinski definition) is 3. The molecule has 1 aliphatic rings. The van der Waals surface area contributed by atoms with E-state index in [9.17, 15) is 4.79 Å². The van der Waals surface area contributed by atoms with Crippen molar-refractivity contribution >= 4 is 5.97 Å². The first-order valence-electron chi connectivity index (χ1n) is 7.89. The smallest absolute Gasteiger partial charge is 0.330 e. The van der Waals surface area contributed by atoms with Crippen molar-refractivity contribution < 1.29 is 9.53 Å². The van der Waals surface area contributed by atoms with Gasteiger partial charge in [0.15, 0.2) is 0 Å². The third-order valence-corrected chi connectivity index (χ3v) is 5.13. The van der Waals surface area contributed by atoms with Crippen LogP contribution in [-0.2, 0) is 9.53 Å². The highest BCUT2D eigenvalue weighted by molar-refractivity contribution is 5.83. The van der Waals surface area contributed by atoms with Gasteiger partial charge in [-0.2, -0.15) is 0 Å². The first-order chi connectivity index (χ1) is 10.3. The second kappa shape index (κ2) is 6.66. The molecular weight excluding hydrogens is 274 g/mol. The maximum Gasteiger partial charge on any atom is 0.330 e. The molecule has 22 heavy (non-hydrogen) atoms. The molecule has 1 unspecified atom stereocenters. The zero-order valence-electron chi connectivity index (χ0n) is 14.6. The number of likely N-dealkylation sites (tertiary alicyclic amines) is 1. The number of piperidine rings is 1. The van der Waals surface area contributed by atoms with Gasteiger partial charge in [0.25, 0.3) is 0 Å². The van der Waals surface area contributed by atoms with E-state index in [0.717, 1.165) is 19.5 Å². The van der Waals surface area contributed by atoms with Crippen LogP contribution in [0, 0.1) is 27.7 Å². The van der Waals surface area contributed by atoms with Crippen molar-refractivity contribution in [2.24, 2.45) is 0 Å². The second-order valence-electron chi connectivity index (χ2n) is 6.46. The first kappa shape index (κ1) is 16.8. The number of hydrogen-bond donors (Lipinski definition) is 0. The summed E-state index contributed by atoms with van der Waals surface area (Å²) < 4.78 is 4.83. The first-order valence-corrected chi connectivity index (χ1v) is 7.89. The van der Waals surface area contributed by atoms with E-state index in [0.29, 0.717) is 0 Å². The lowest BCUT2D eigenvalue weighted by Crippen LogP contribution is -2.33. The van der Waals surface area contributed by atoms with Crippen LogP contribution in [-0.4, -0.2) is 38.1 Å². The van der Waals surface area contributed by atoms with E-state index >= 15 is 0 Å². The molecule has 0 amide bonds. The van der Waals surface area contributed by atoms with Crippen LogP contribution < -0.4 is 0 Å². The quantitative estimate of drug-likeness (QED) is 0.619. The number of ether oxygens (including phenoxy) is 1. The van der Waals surface area contributed by atoms with Crippen LogP contribution >= 0.6 is 0 Å². The molecule has 3 heteroatoms. The van der Waals surface area contributed by atoms with Gasteiger partial charge in [0.05, 0.1) is 7.11 Å². The Morgan fingerprint density at radius 2 is 1.91 bits per heavy atom. The topological polar surface area (TPSA) is 29.5 Å². The fraction of sp³-hybridized carbons (Fsp3) is 0.526. The minimum absolute atomic E-state index is 0.247. The van der Waals surface area contributed by atoms with Crippen molar-refractivity contribution in [2.45, 2.75) is 40.0 Å². The monoisotopic (exact) mass is 301 g/mol. The Bertz CT molecular complexity index is 616. The Kier molecular flexibility index (Phi) is 5.07. The van der Waals surface area contributed by atoms with E-state index < -0.39 is 0 Å². The molecule has 1 fully saturated rings. The van der Waals surface area contributed by atoms with Crippen molar-refractivity contribution in [2.75, 3.05) is 27.2 Å². The number of aryl methyl sites for hydroxylation is 1. The van der Waals surface area contributed by atoms with Crippen LogP contribution in [0.2, 0.25) is 0 Å². The van der Waals surface area contributed by atoms with Crippen LogP contribution in [0.15, 0.2) is 17.7 Å². The van der Waals surface area contributed by atoms with Crippen molar-refractivity contribution in [3.8, 4) is 0 Å². The number of rotatable bonds is 2. The third-order valence-electron chi connectivity index (χ3n) is 5.13. The predicted molar refractivity (Wildman–Crippen MR) is 90.3 cm³/mol. The van der Waals surface area contributed by atoms with E-state index in [1.54, 1.807) is 6.08 Å². The summed E-state index contributed by atoms with van der Waals surface area (Å²) in [6, 6.07) is 2.30. The van der Waals surface area contributed by atoms with Crippen LogP contribution in [0.1, 0.15) is 40.2 Å². The highest BCUT2D eigenvalue weighted by Crippen LogP contribution is 2.35. The average Bonchev–Trinajstić information content (AvgIpc) is 2.50. The van der Waals surface area contributed by atoms with Gasteiger partial charge < -0.3 is 9.64 Å². The lowest BCUT2D eigenvalue weighted by Gasteiger charge is -2.34. The van der Waals surface area contributed by atoms with Crippen molar-refractivity contribution in [1.82, 2.24) is 4.90 Å². The van der Waals surface area contributed by atoms with E-state index in [-0.39, 0.29) is 11.9 Å². The van der Waals surface area contributed by atoms with Gasteiger partial charge in [-0.05, 0) is 69.0 Å². The van der Waals surface area contributed by atoms with E-state index in [2.05, 4.69) is 45.7 Å². The van der Waals surface area contributed by atoms with Crippen molar-refractivity contribution in [1.29, 1.82) is 0 Å². The van der Waals surface area contributed by atoms with E-state index in [1.807, 2.05) is 0 Å². The summed E-state index contributed by atoms with van der Waals surface area (Å²) in [5.74, 6) is 0.0265. The lowest BCUT2D eigenvalue weighted by molar-refractivity contribution is -0.134. The van der Waals surface area contributed by atoms with E-state index in [1.165, 1.54) is 40.5 Å². The molecule has 1 saturated heterocycles. The minimum atomic E-state index is -0.247. The van der Waals surface area contributed by atoms with Crippen LogP contribution in [0.3, 0.4) is 0 Å². The number of esters is 1. The van der Waals surface area contributed by atoms with Gasteiger partial charge >= 0.3 is 5.97 Å². The molecule has 1 atom stereocenters. The number of likely N-dealkylation sites (N-methyl/N-ethyl adjacent to an activating group) is 1. The molecule has 0 radical (unpaired) electrons. The van der Waals surface area contributed by atoms with Gasteiger partial charge in [-0.15, -0.1) is 0 Å². The molecule has 0 saturated carbocycles. The summed E-state index contributed by atoms with van der Waals surface area (Å²) in [5, 5.41) is 0. The molecule has 3 nitrogen and oxygen atoms in total. The molecule has 120 valence electrons. The molecule has 1 aromatic carbocycles. The molecule has 0 aliphatic carbocycles. The fourth-order valence-electron chi connectivity index (χ4n) is 3.30. The summed E-state index contributed by atoms with van der Waals surface area (Å²) in [6.45, 7) is 10.7. The van der Waals surface area contributed by atoms with Gasteiger partial charge in [-0.1, -0.05) is 11.6 Å². The van der Waals surface area contributed by atoms with Gasteiger partial charge in [-0.3, -0.25) is 0 Å². The molecule has 0 bridgehead atoms. The van der Waals surface area contributed by atoms with Gasteiger partial charge in [-0.25, -0.2) is 4.79 Å². The number of benzene rings is 1. The average molecular weight is 301 g/mol. The Hall–Kier alpha value is -1.61. The molecule has 2 rings (SSSR count). The summed E-state index contributed by atoms with van der Waals surface area (Å²) >= 11 is 0. The largest absolute Gasteiger partial charge is 0.466 e. The number of methoxy groups -OCH3 is 1. The van der Waals surface area contributed by atoms with E-state index in [4.69, 9.17) is 4.74 Å². The zero-order chi connectivity index (χ0) is 16.4. The van der Waals surface area contributed by atoms with Crippen molar-refractivity contribution in [3.05, 3.63) is 45.5 Å². The third kappa shape index (κ3) is 3.25. The summed E-state index contributed by atoms with van der Waals surface area (Å²) in [4.78, 5) is 14.0. The maximum atomic E-state index is 11.7. The molecule has 1 heterocycles. The molecular formula is C19H27NO2. The summed E-state index contributed by atoms with van der Waals surface area (Å²) in [6.07, 6.45) is 2.61. The highest BCUT2D eigenvalue weighted by atomic mass is 16.5. The number of carbonyl (C=O) groups is 1. The fourth-order valence-corrected chi connectivity index (χ4v) is 3.30. The highest BCUT2D eigenvalue weighted by Gasteiger charge is 2.26. The SMILES string of the molecule is COC(=O)/C=C1/CCN(C)CC1c1cc(C)c(C)c(C)c1C. The van der Waals surface area contributed by atoms with Gasteiger partial charge in [0.1, 0.15) is 0 Å². The number of nitrogens with zero attached hydrogens (tertiary/aromatic N) is 1. The maximum absolute atomic E-state index is 11.7. The van der Waals surface area contributed by atoms with Crippen LogP contribution in [0.25, 0.3) is 0 Å². The molecule has 0 aromatic heterocycles. The minimum Gasteiger partial charge on any atom is -0.466 e. The van der Waals surface area contributed by atoms with Gasteiger partial charge in [0.2, 0.25) is 0 Å². The molecule has 0 N–H and O–H groups in total. The Morgan fingerprint density at radius 1 is 1.23 bits per heavy atom. The van der Waals surface area contributed by atoms with Crippen LogP contribution in [0.5, 0.6) is 0 Å². The Balaban J connectivity index is 2.51. The Labute approximate surface area is 134 Å². The van der Waals surface area contributed by atoms with Gasteiger partial charge in [0, 0.05) is 25.1 Å². The zero-order valence-corrected chi connectivity index (χ0v) is 14.6. The Morgan fingerprint density at radius 3 is 2.55 bits per heavy atom. The standard InChI is InChI=1S/C19H27NO2/c1-12-9-17(15(4)14(3)13(12)2)18-11-20(5)8-7-16(18)10-19(21)22-6/h9-10,18H,7-8,11H2,1-6H3/b16-10-.